The Kier molecular flexibility index (Phi) is 3.94. The predicted molar refractivity (Wildman–Crippen MR) is 97.8 cm³/mol. The van der Waals surface area contributed by atoms with Crippen molar-refractivity contribution in [2.24, 2.45) is 22.7 Å². The fraction of sp³-hybridized carbons (Fsp3) is 0.619. The zero-order chi connectivity index (χ0) is 19.8. The number of ketones is 2. The Morgan fingerprint density at radius 3 is 2.74 bits per heavy atom. The highest BCUT2D eigenvalue weighted by atomic mass is 35.5. The molecule has 0 aromatic rings. The molecular formula is C21H23ClF2O3. The van der Waals surface area contributed by atoms with Gasteiger partial charge in [0.1, 0.15) is 11.8 Å². The molecule has 1 unspecified atom stereocenters. The van der Waals surface area contributed by atoms with Gasteiger partial charge in [0.25, 0.3) is 0 Å². The fourth-order valence-corrected chi connectivity index (χ4v) is 6.66. The second kappa shape index (κ2) is 5.60. The van der Waals surface area contributed by atoms with Crippen molar-refractivity contribution in [2.75, 3.05) is 6.67 Å². The highest BCUT2D eigenvalue weighted by molar-refractivity contribution is 6.26. The molecule has 6 heteroatoms. The molecule has 0 aromatic heterocycles. The Bertz CT molecular complexity index is 820. The van der Waals surface area contributed by atoms with Gasteiger partial charge < -0.3 is 5.11 Å². The molecule has 0 bridgehead atoms. The van der Waals surface area contributed by atoms with Crippen molar-refractivity contribution in [3.8, 4) is 0 Å². The first kappa shape index (κ1) is 19.0. The van der Waals surface area contributed by atoms with Crippen molar-refractivity contribution in [1.82, 2.24) is 0 Å². The summed E-state index contributed by atoms with van der Waals surface area (Å²) in [6.45, 7) is 2.25. The molecule has 0 amide bonds. The van der Waals surface area contributed by atoms with Gasteiger partial charge in [-0.15, -0.1) is 11.6 Å². The normalized spacial score (nSPS) is 50.7. The van der Waals surface area contributed by atoms with Crippen LogP contribution in [0.1, 0.15) is 33.1 Å². The SMILES string of the molecule is C[C@]12C=CC(=O)C=C1C=C[C@H]1[C@@H]3CC[C@](O)(C(=O)CF)[C@@]3(C)CC(F)[C@@]12Cl. The van der Waals surface area contributed by atoms with Gasteiger partial charge in [-0.25, -0.2) is 8.78 Å². The van der Waals surface area contributed by atoms with E-state index in [1.165, 1.54) is 12.2 Å². The molecule has 27 heavy (non-hydrogen) atoms. The van der Waals surface area contributed by atoms with Crippen LogP contribution in [0.4, 0.5) is 8.78 Å². The summed E-state index contributed by atoms with van der Waals surface area (Å²) in [5.74, 6) is -1.75. The first-order chi connectivity index (χ1) is 12.5. The molecule has 2 saturated carbocycles. The summed E-state index contributed by atoms with van der Waals surface area (Å²) in [4.78, 5) is 22.7. The van der Waals surface area contributed by atoms with Crippen LogP contribution in [0.2, 0.25) is 0 Å². The quantitative estimate of drug-likeness (QED) is 0.725. The summed E-state index contributed by atoms with van der Waals surface area (Å²) >= 11 is 7.05. The van der Waals surface area contributed by atoms with Gasteiger partial charge in [0.15, 0.2) is 18.2 Å². The lowest BCUT2D eigenvalue weighted by molar-refractivity contribution is -0.163. The van der Waals surface area contributed by atoms with E-state index in [9.17, 15) is 19.1 Å². The van der Waals surface area contributed by atoms with Crippen molar-refractivity contribution in [3.63, 3.8) is 0 Å². The molecule has 0 aromatic carbocycles. The zero-order valence-electron chi connectivity index (χ0n) is 15.3. The summed E-state index contributed by atoms with van der Waals surface area (Å²) in [5.41, 5.74) is -3.18. The van der Waals surface area contributed by atoms with Crippen molar-refractivity contribution in [1.29, 1.82) is 0 Å². The second-order valence-corrected chi connectivity index (χ2v) is 9.47. The van der Waals surface area contributed by atoms with E-state index in [1.54, 1.807) is 19.1 Å². The van der Waals surface area contributed by atoms with E-state index in [1.807, 2.05) is 13.0 Å². The third-order valence-corrected chi connectivity index (χ3v) is 8.78. The highest BCUT2D eigenvalue weighted by Gasteiger charge is 2.72. The number of carbonyl (C=O) groups excluding carboxylic acids is 2. The van der Waals surface area contributed by atoms with E-state index in [4.69, 9.17) is 11.6 Å². The summed E-state index contributed by atoms with van der Waals surface area (Å²) in [6, 6.07) is 0. The lowest BCUT2D eigenvalue weighted by atomic mass is 9.47. The van der Waals surface area contributed by atoms with Crippen LogP contribution in [0.15, 0.2) is 36.0 Å². The van der Waals surface area contributed by atoms with Crippen LogP contribution in [0.5, 0.6) is 0 Å². The van der Waals surface area contributed by atoms with Gasteiger partial charge in [0, 0.05) is 16.7 Å². The molecule has 2 fully saturated rings. The van der Waals surface area contributed by atoms with Crippen LogP contribution in [0.3, 0.4) is 0 Å². The Balaban J connectivity index is 1.86. The molecule has 0 saturated heterocycles. The molecule has 4 aliphatic rings. The summed E-state index contributed by atoms with van der Waals surface area (Å²) in [6.07, 6.45) is 7.10. The van der Waals surface area contributed by atoms with Crippen LogP contribution in [0.25, 0.3) is 0 Å². The van der Waals surface area contributed by atoms with Gasteiger partial charge in [0.2, 0.25) is 0 Å². The molecule has 146 valence electrons. The van der Waals surface area contributed by atoms with Crippen LogP contribution < -0.4 is 0 Å². The molecule has 0 heterocycles. The van der Waals surface area contributed by atoms with Gasteiger partial charge in [-0.1, -0.05) is 32.1 Å². The zero-order valence-corrected chi connectivity index (χ0v) is 16.1. The molecular weight excluding hydrogens is 374 g/mol. The predicted octanol–water partition coefficient (Wildman–Crippen LogP) is 3.65. The molecule has 4 aliphatic carbocycles. The van der Waals surface area contributed by atoms with E-state index in [-0.39, 0.29) is 24.5 Å². The highest BCUT2D eigenvalue weighted by Crippen LogP contribution is 2.69. The van der Waals surface area contributed by atoms with Crippen molar-refractivity contribution >= 4 is 23.2 Å². The number of aliphatic hydroxyl groups is 1. The maximum absolute atomic E-state index is 15.8. The van der Waals surface area contributed by atoms with Crippen molar-refractivity contribution in [3.05, 3.63) is 36.0 Å². The van der Waals surface area contributed by atoms with Gasteiger partial charge >= 0.3 is 0 Å². The van der Waals surface area contributed by atoms with E-state index in [0.717, 1.165) is 0 Å². The first-order valence-corrected chi connectivity index (χ1v) is 9.70. The Morgan fingerprint density at radius 2 is 2.07 bits per heavy atom. The number of hydrogen-bond acceptors (Lipinski definition) is 3. The number of alkyl halides is 3. The first-order valence-electron chi connectivity index (χ1n) is 9.33. The maximum Gasteiger partial charge on any atom is 0.195 e. The number of fused-ring (bicyclic) bond motifs is 5. The number of rotatable bonds is 2. The third kappa shape index (κ3) is 2.05. The second-order valence-electron chi connectivity index (χ2n) is 8.84. The van der Waals surface area contributed by atoms with Crippen LogP contribution in [-0.4, -0.2) is 40.0 Å². The number of carbonyl (C=O) groups is 2. The Hall–Kier alpha value is -1.33. The van der Waals surface area contributed by atoms with Crippen LogP contribution >= 0.6 is 11.6 Å². The third-order valence-electron chi connectivity index (χ3n) is 7.90. The number of hydrogen-bond donors (Lipinski definition) is 1. The summed E-state index contributed by atoms with van der Waals surface area (Å²) < 4.78 is 28.9. The monoisotopic (exact) mass is 396 g/mol. The van der Waals surface area contributed by atoms with E-state index in [0.29, 0.717) is 12.0 Å². The fourth-order valence-electron chi connectivity index (χ4n) is 6.18. The largest absolute Gasteiger partial charge is 0.381 e. The smallest absolute Gasteiger partial charge is 0.195 e. The minimum atomic E-state index is -1.88. The molecule has 0 aliphatic heterocycles. The number of allylic oxidation sites excluding steroid dienone is 6. The van der Waals surface area contributed by atoms with Gasteiger partial charge in [0.05, 0.1) is 4.87 Å². The van der Waals surface area contributed by atoms with Crippen LogP contribution in [0, 0.1) is 22.7 Å². The summed E-state index contributed by atoms with van der Waals surface area (Å²) in [5, 5.41) is 11.0. The molecule has 0 spiro atoms. The molecule has 4 rings (SSSR count). The van der Waals surface area contributed by atoms with E-state index in [2.05, 4.69) is 0 Å². The number of halogens is 3. The summed E-state index contributed by atoms with van der Waals surface area (Å²) in [7, 11) is 0. The maximum atomic E-state index is 15.8. The average molecular weight is 397 g/mol. The van der Waals surface area contributed by atoms with Gasteiger partial charge in [-0.3, -0.25) is 9.59 Å². The average Bonchev–Trinajstić information content (AvgIpc) is 2.88. The lowest BCUT2D eigenvalue weighted by Crippen LogP contribution is -2.66. The molecule has 7 atom stereocenters. The molecule has 1 N–H and O–H groups in total. The topological polar surface area (TPSA) is 54.4 Å². The molecule has 3 nitrogen and oxygen atoms in total. The number of Topliss-reactive ketones (excluding diaryl/α,β-unsaturated/α-hetero) is 1. The van der Waals surface area contributed by atoms with E-state index >= 15 is 4.39 Å². The van der Waals surface area contributed by atoms with Crippen LogP contribution in [-0.2, 0) is 9.59 Å². The standard InChI is InChI=1S/C21H23ClF2O3/c1-18-7-5-13(25)9-12(18)3-4-15-14-6-8-20(27,17(26)11-23)19(14,2)10-16(24)21(15,18)22/h3-5,7,9,14-16,27H,6,8,10-11H2,1-2H3/t14-,15-,16?,18-,19-,20-,21-/m0/s1. The Labute approximate surface area is 162 Å². The lowest BCUT2D eigenvalue weighted by Gasteiger charge is -2.61. The Morgan fingerprint density at radius 1 is 1.37 bits per heavy atom. The van der Waals surface area contributed by atoms with Gasteiger partial charge in [-0.2, -0.15) is 0 Å². The minimum Gasteiger partial charge on any atom is -0.381 e. The van der Waals surface area contributed by atoms with Crippen molar-refractivity contribution in [2.45, 2.75) is 49.8 Å². The van der Waals surface area contributed by atoms with Crippen molar-refractivity contribution < 1.29 is 23.5 Å². The van der Waals surface area contributed by atoms with Gasteiger partial charge in [-0.05, 0) is 42.9 Å². The minimum absolute atomic E-state index is 0.106. The van der Waals surface area contributed by atoms with E-state index < -0.39 is 45.9 Å². The molecule has 0 radical (unpaired) electrons.